The number of hydrogen-bond donors (Lipinski definition) is 2. The average Bonchev–Trinajstić information content (AvgIpc) is 3.16. The zero-order chi connectivity index (χ0) is 22.5. The highest BCUT2D eigenvalue weighted by Crippen LogP contribution is 2.31. The molecule has 0 aliphatic rings. The van der Waals surface area contributed by atoms with E-state index < -0.39 is 23.9 Å². The van der Waals surface area contributed by atoms with Crippen LogP contribution in [0.2, 0.25) is 0 Å². The van der Waals surface area contributed by atoms with Gasteiger partial charge in [-0.3, -0.25) is 4.79 Å². The van der Waals surface area contributed by atoms with E-state index in [1.807, 2.05) is 24.3 Å². The van der Waals surface area contributed by atoms with Crippen molar-refractivity contribution in [2.45, 2.75) is 26.9 Å². The topological polar surface area (TPSA) is 110 Å². The molecule has 0 saturated carbocycles. The lowest BCUT2D eigenvalue weighted by molar-refractivity contribution is -0.143. The maximum Gasteiger partial charge on any atom is 0.334 e. The molecule has 3 aromatic rings. The van der Waals surface area contributed by atoms with Gasteiger partial charge in [0.15, 0.2) is 0 Å². The number of nitrogens with one attached hydrogen (secondary N) is 2. The lowest BCUT2D eigenvalue weighted by Crippen LogP contribution is -2.20. The fourth-order valence-electron chi connectivity index (χ4n) is 3.04. The number of nitrogens with zero attached hydrogens (tertiary/aromatic N) is 1. The Labute approximate surface area is 178 Å². The standard InChI is InChI=1S/C23H23N3O5/c1-5-13(2)23(29)31-14(3)20-21-16(15-8-6-7-9-17(15)25-21)12-18(26-20)22(28)24-11-10-19(27)30-4/h5-12,14,25H,1-4H3,(H,24,28)/b11-10+,13-5?/t14-/m0/s1. The fraction of sp³-hybridized carbons (Fsp3) is 0.217. The van der Waals surface area contributed by atoms with Crippen LogP contribution >= 0.6 is 0 Å². The first-order chi connectivity index (χ1) is 14.8. The molecule has 1 amide bonds. The number of allylic oxidation sites excluding steroid dienone is 1. The van der Waals surface area contributed by atoms with Crippen molar-refractivity contribution in [1.29, 1.82) is 0 Å². The molecule has 2 N–H and O–H groups in total. The van der Waals surface area contributed by atoms with Crippen LogP contribution in [0.15, 0.2) is 54.3 Å². The summed E-state index contributed by atoms with van der Waals surface area (Å²) in [6.45, 7) is 5.12. The molecule has 2 aromatic heterocycles. The second-order valence-corrected chi connectivity index (χ2v) is 6.84. The number of para-hydroxylation sites is 1. The van der Waals surface area contributed by atoms with Gasteiger partial charge in [-0.05, 0) is 32.9 Å². The van der Waals surface area contributed by atoms with E-state index in [1.165, 1.54) is 13.3 Å². The van der Waals surface area contributed by atoms with Gasteiger partial charge in [0.05, 0.1) is 12.6 Å². The number of fused-ring (bicyclic) bond motifs is 3. The lowest BCUT2D eigenvalue weighted by Gasteiger charge is -2.15. The van der Waals surface area contributed by atoms with Crippen LogP contribution in [0.1, 0.15) is 43.1 Å². The van der Waals surface area contributed by atoms with Gasteiger partial charge in [-0.2, -0.15) is 0 Å². The van der Waals surface area contributed by atoms with E-state index in [0.29, 0.717) is 16.8 Å². The number of aromatic nitrogens is 2. The molecule has 0 unspecified atom stereocenters. The molecule has 8 nitrogen and oxygen atoms in total. The summed E-state index contributed by atoms with van der Waals surface area (Å²) in [7, 11) is 1.24. The first-order valence-corrected chi connectivity index (χ1v) is 9.66. The number of amides is 1. The lowest BCUT2D eigenvalue weighted by atomic mass is 10.1. The highest BCUT2D eigenvalue weighted by Gasteiger charge is 2.22. The van der Waals surface area contributed by atoms with Gasteiger partial charge in [0.25, 0.3) is 5.91 Å². The van der Waals surface area contributed by atoms with E-state index in [0.717, 1.165) is 22.4 Å². The summed E-state index contributed by atoms with van der Waals surface area (Å²) in [4.78, 5) is 43.9. The molecule has 0 spiro atoms. The summed E-state index contributed by atoms with van der Waals surface area (Å²) < 4.78 is 10.1. The quantitative estimate of drug-likeness (QED) is 0.464. The van der Waals surface area contributed by atoms with Crippen molar-refractivity contribution < 1.29 is 23.9 Å². The first kappa shape index (κ1) is 21.8. The van der Waals surface area contributed by atoms with Crippen molar-refractivity contribution in [2.75, 3.05) is 7.11 Å². The maximum atomic E-state index is 12.7. The van der Waals surface area contributed by atoms with E-state index in [1.54, 1.807) is 32.9 Å². The van der Waals surface area contributed by atoms with Gasteiger partial charge in [-0.25, -0.2) is 14.6 Å². The van der Waals surface area contributed by atoms with Crippen LogP contribution < -0.4 is 5.32 Å². The minimum atomic E-state index is -0.712. The van der Waals surface area contributed by atoms with Gasteiger partial charge in [0.1, 0.15) is 17.5 Å². The molecule has 0 aliphatic heterocycles. The third-order valence-corrected chi connectivity index (χ3v) is 4.82. The molecule has 3 rings (SSSR count). The van der Waals surface area contributed by atoms with Crippen molar-refractivity contribution in [3.63, 3.8) is 0 Å². The number of esters is 2. The number of aromatic amines is 1. The van der Waals surface area contributed by atoms with E-state index in [4.69, 9.17) is 4.74 Å². The zero-order valence-corrected chi connectivity index (χ0v) is 17.7. The van der Waals surface area contributed by atoms with Crippen LogP contribution in [0.3, 0.4) is 0 Å². The van der Waals surface area contributed by atoms with Crippen LogP contribution in [-0.2, 0) is 19.1 Å². The second-order valence-electron chi connectivity index (χ2n) is 6.84. The first-order valence-electron chi connectivity index (χ1n) is 9.66. The van der Waals surface area contributed by atoms with Crippen LogP contribution in [-0.4, -0.2) is 34.9 Å². The smallest absolute Gasteiger partial charge is 0.334 e. The maximum absolute atomic E-state index is 12.7. The molecule has 8 heteroatoms. The van der Waals surface area contributed by atoms with Crippen LogP contribution in [0.25, 0.3) is 21.8 Å². The van der Waals surface area contributed by atoms with Gasteiger partial charge >= 0.3 is 11.9 Å². The Hall–Kier alpha value is -3.94. The Morgan fingerprint density at radius 1 is 1.19 bits per heavy atom. The molecule has 1 atom stereocenters. The van der Waals surface area contributed by atoms with Gasteiger partial charge in [0.2, 0.25) is 0 Å². The molecule has 1 aromatic carbocycles. The molecule has 0 fully saturated rings. The monoisotopic (exact) mass is 421 g/mol. The normalized spacial score (nSPS) is 12.8. The van der Waals surface area contributed by atoms with Crippen molar-refractivity contribution in [3.8, 4) is 0 Å². The van der Waals surface area contributed by atoms with Crippen molar-refractivity contribution >= 4 is 39.7 Å². The molecule has 2 heterocycles. The largest absolute Gasteiger partial charge is 0.466 e. The number of pyridine rings is 1. The molecular weight excluding hydrogens is 398 g/mol. The number of ether oxygens (including phenoxy) is 2. The molecule has 0 aliphatic carbocycles. The molecule has 0 bridgehead atoms. The van der Waals surface area contributed by atoms with Crippen LogP contribution in [0.4, 0.5) is 0 Å². The number of hydrogen-bond acceptors (Lipinski definition) is 6. The van der Waals surface area contributed by atoms with Gasteiger partial charge < -0.3 is 19.8 Å². The highest BCUT2D eigenvalue weighted by molar-refractivity contribution is 6.10. The Morgan fingerprint density at radius 3 is 2.65 bits per heavy atom. The van der Waals surface area contributed by atoms with Crippen LogP contribution in [0, 0.1) is 0 Å². The third-order valence-electron chi connectivity index (χ3n) is 4.82. The summed E-state index contributed by atoms with van der Waals surface area (Å²) in [5.41, 5.74) is 2.57. The average molecular weight is 421 g/mol. The van der Waals surface area contributed by atoms with Gasteiger partial charge in [-0.15, -0.1) is 0 Å². The number of rotatable bonds is 6. The number of benzene rings is 1. The van der Waals surface area contributed by atoms with E-state index in [9.17, 15) is 14.4 Å². The molecule has 0 saturated heterocycles. The Balaban J connectivity index is 2.06. The molecular formula is C23H23N3O5. The van der Waals surface area contributed by atoms with Crippen LogP contribution in [0.5, 0.6) is 0 Å². The van der Waals surface area contributed by atoms with Crippen molar-refractivity contribution in [2.24, 2.45) is 0 Å². The predicted molar refractivity (Wildman–Crippen MR) is 116 cm³/mol. The predicted octanol–water partition coefficient (Wildman–Crippen LogP) is 3.70. The number of H-pyrrole nitrogens is 1. The minimum Gasteiger partial charge on any atom is -0.466 e. The summed E-state index contributed by atoms with van der Waals surface area (Å²) in [5.74, 6) is -1.57. The van der Waals surface area contributed by atoms with Gasteiger partial charge in [0, 0.05) is 34.1 Å². The second kappa shape index (κ2) is 9.25. The number of carbonyl (C=O) groups is 3. The fourth-order valence-corrected chi connectivity index (χ4v) is 3.04. The third kappa shape index (κ3) is 4.63. The molecule has 31 heavy (non-hydrogen) atoms. The van der Waals surface area contributed by atoms with Gasteiger partial charge in [-0.1, -0.05) is 24.3 Å². The minimum absolute atomic E-state index is 0.118. The summed E-state index contributed by atoms with van der Waals surface area (Å²) in [5, 5.41) is 4.17. The van der Waals surface area contributed by atoms with Crippen molar-refractivity contribution in [3.05, 3.63) is 65.6 Å². The number of methoxy groups -OCH3 is 1. The number of carbonyl (C=O) groups excluding carboxylic acids is 3. The van der Waals surface area contributed by atoms with E-state index in [-0.39, 0.29) is 5.69 Å². The Morgan fingerprint density at radius 2 is 1.94 bits per heavy atom. The zero-order valence-electron chi connectivity index (χ0n) is 17.7. The summed E-state index contributed by atoms with van der Waals surface area (Å²) >= 11 is 0. The molecule has 0 radical (unpaired) electrons. The van der Waals surface area contributed by atoms with Crippen molar-refractivity contribution in [1.82, 2.24) is 15.3 Å². The Kier molecular flexibility index (Phi) is 6.49. The van der Waals surface area contributed by atoms with E-state index >= 15 is 0 Å². The highest BCUT2D eigenvalue weighted by atomic mass is 16.5. The summed E-state index contributed by atoms with van der Waals surface area (Å²) in [6.07, 6.45) is 3.23. The SMILES string of the molecule is CC=C(C)C(=O)O[C@@H](C)c1nc(C(=O)N/C=C/C(=O)OC)cc2c1[nH]c1ccccc12. The Bertz CT molecular complexity index is 1220. The summed E-state index contributed by atoms with van der Waals surface area (Å²) in [6, 6.07) is 9.29. The molecule has 160 valence electrons. The van der Waals surface area contributed by atoms with E-state index in [2.05, 4.69) is 20.0 Å².